The van der Waals surface area contributed by atoms with Gasteiger partial charge in [-0.05, 0) is 55.2 Å². The normalized spacial score (nSPS) is 12.8. The fraction of sp³-hybridized carbons (Fsp3) is 0.238. The molecule has 0 atom stereocenters. The molecular weight excluding hydrogens is 404 g/mol. The van der Waals surface area contributed by atoms with Crippen molar-refractivity contribution in [3.63, 3.8) is 0 Å². The number of aromatic amines is 1. The summed E-state index contributed by atoms with van der Waals surface area (Å²) >= 11 is 2.55. The lowest BCUT2D eigenvalue weighted by atomic mass is 9.90. The molecule has 0 saturated heterocycles. The number of rotatable bonds is 4. The molecule has 2 aromatic heterocycles. The van der Waals surface area contributed by atoms with Crippen molar-refractivity contribution < 1.29 is 4.79 Å². The van der Waals surface area contributed by atoms with Gasteiger partial charge in [0.15, 0.2) is 5.13 Å². The van der Waals surface area contributed by atoms with Crippen molar-refractivity contribution in [3.05, 3.63) is 62.3 Å². The zero-order valence-electron chi connectivity index (χ0n) is 15.7. The van der Waals surface area contributed by atoms with Crippen LogP contribution in [-0.4, -0.2) is 22.1 Å². The standard InChI is InChI=1S/C21H18N4O2S2/c1-28-20-15(10-22)9-16(18(26)24-20)19(27)25-21-23-17(11-29-21)14-7-6-12-4-2-3-5-13(12)8-14/h6-9,11H,2-5H2,1H3,(H,24,26)(H,23,25,27). The molecule has 0 aliphatic heterocycles. The summed E-state index contributed by atoms with van der Waals surface area (Å²) in [5, 5.41) is 14.6. The summed E-state index contributed by atoms with van der Waals surface area (Å²) in [7, 11) is 0. The van der Waals surface area contributed by atoms with Gasteiger partial charge in [0.2, 0.25) is 0 Å². The number of nitrogens with one attached hydrogen (secondary N) is 2. The van der Waals surface area contributed by atoms with Gasteiger partial charge in [0.25, 0.3) is 11.5 Å². The van der Waals surface area contributed by atoms with E-state index >= 15 is 0 Å². The van der Waals surface area contributed by atoms with E-state index in [9.17, 15) is 14.9 Å². The van der Waals surface area contributed by atoms with Crippen LogP contribution in [-0.2, 0) is 12.8 Å². The van der Waals surface area contributed by atoms with E-state index in [1.807, 2.05) is 11.4 Å². The van der Waals surface area contributed by atoms with Gasteiger partial charge in [-0.2, -0.15) is 5.26 Å². The zero-order valence-corrected chi connectivity index (χ0v) is 17.4. The first-order valence-corrected chi connectivity index (χ1v) is 11.3. The van der Waals surface area contributed by atoms with Gasteiger partial charge in [-0.15, -0.1) is 23.1 Å². The number of amides is 1. The van der Waals surface area contributed by atoms with Crippen LogP contribution >= 0.6 is 23.1 Å². The maximum Gasteiger partial charge on any atom is 0.263 e. The maximum atomic E-state index is 12.6. The molecule has 8 heteroatoms. The first-order chi connectivity index (χ1) is 14.1. The number of H-pyrrole nitrogens is 1. The van der Waals surface area contributed by atoms with Crippen molar-refractivity contribution in [3.8, 4) is 17.3 Å². The summed E-state index contributed by atoms with van der Waals surface area (Å²) in [4.78, 5) is 31.9. The van der Waals surface area contributed by atoms with E-state index in [0.717, 1.165) is 24.1 Å². The highest BCUT2D eigenvalue weighted by atomic mass is 32.2. The van der Waals surface area contributed by atoms with Crippen molar-refractivity contribution in [1.82, 2.24) is 9.97 Å². The number of benzene rings is 1. The summed E-state index contributed by atoms with van der Waals surface area (Å²) in [5.74, 6) is -0.582. The van der Waals surface area contributed by atoms with Crippen LogP contribution in [0.15, 0.2) is 39.5 Å². The Bertz CT molecular complexity index is 1190. The molecule has 2 N–H and O–H groups in total. The Morgan fingerprint density at radius 1 is 1.28 bits per heavy atom. The van der Waals surface area contributed by atoms with Crippen LogP contribution in [0.25, 0.3) is 11.3 Å². The Labute approximate surface area is 176 Å². The molecule has 3 aromatic rings. The predicted molar refractivity (Wildman–Crippen MR) is 116 cm³/mol. The van der Waals surface area contributed by atoms with E-state index in [1.165, 1.54) is 53.1 Å². The van der Waals surface area contributed by atoms with Crippen LogP contribution < -0.4 is 10.9 Å². The second kappa shape index (κ2) is 8.23. The number of thioether (sulfide) groups is 1. The van der Waals surface area contributed by atoms with E-state index in [0.29, 0.717) is 10.2 Å². The Hall–Kier alpha value is -2.89. The third kappa shape index (κ3) is 3.97. The highest BCUT2D eigenvalue weighted by molar-refractivity contribution is 7.98. The molecule has 0 radical (unpaired) electrons. The number of carbonyl (C=O) groups is 1. The largest absolute Gasteiger partial charge is 0.315 e. The number of hydrogen-bond acceptors (Lipinski definition) is 6. The molecule has 2 heterocycles. The fourth-order valence-corrected chi connectivity index (χ4v) is 4.68. The van der Waals surface area contributed by atoms with Crippen LogP contribution in [0.2, 0.25) is 0 Å². The van der Waals surface area contributed by atoms with Gasteiger partial charge in [-0.3, -0.25) is 14.9 Å². The molecule has 0 fully saturated rings. The van der Waals surface area contributed by atoms with Crippen molar-refractivity contribution in [2.75, 3.05) is 11.6 Å². The molecule has 0 spiro atoms. The zero-order chi connectivity index (χ0) is 20.4. The quantitative estimate of drug-likeness (QED) is 0.613. The topological polar surface area (TPSA) is 98.6 Å². The maximum absolute atomic E-state index is 12.6. The molecule has 1 aliphatic carbocycles. The lowest BCUT2D eigenvalue weighted by molar-refractivity contribution is 0.102. The number of fused-ring (bicyclic) bond motifs is 1. The van der Waals surface area contributed by atoms with E-state index in [2.05, 4.69) is 33.5 Å². The first-order valence-electron chi connectivity index (χ1n) is 9.19. The number of thiazole rings is 1. The molecule has 1 aromatic carbocycles. The van der Waals surface area contributed by atoms with Crippen LogP contribution in [0.3, 0.4) is 0 Å². The van der Waals surface area contributed by atoms with Crippen LogP contribution in [0.4, 0.5) is 5.13 Å². The number of hydrogen-bond donors (Lipinski definition) is 2. The molecule has 4 rings (SSSR count). The second-order valence-corrected chi connectivity index (χ2v) is 8.43. The van der Waals surface area contributed by atoms with Gasteiger partial charge in [-0.1, -0.05) is 12.1 Å². The molecule has 146 valence electrons. The van der Waals surface area contributed by atoms with E-state index in [-0.39, 0.29) is 11.1 Å². The van der Waals surface area contributed by atoms with Gasteiger partial charge >= 0.3 is 0 Å². The Kier molecular flexibility index (Phi) is 5.51. The van der Waals surface area contributed by atoms with E-state index in [1.54, 1.807) is 6.26 Å². The molecule has 0 unspecified atom stereocenters. The highest BCUT2D eigenvalue weighted by Crippen LogP contribution is 2.29. The van der Waals surface area contributed by atoms with Crippen molar-refractivity contribution in [1.29, 1.82) is 5.26 Å². The lowest BCUT2D eigenvalue weighted by Gasteiger charge is -2.16. The average Bonchev–Trinajstić information content (AvgIpc) is 3.21. The Balaban J connectivity index is 1.56. The summed E-state index contributed by atoms with van der Waals surface area (Å²) in [6.45, 7) is 0. The Morgan fingerprint density at radius 3 is 2.83 bits per heavy atom. The second-order valence-electron chi connectivity index (χ2n) is 6.75. The first kappa shape index (κ1) is 19.4. The summed E-state index contributed by atoms with van der Waals surface area (Å²) in [6, 6.07) is 9.73. The number of anilines is 1. The van der Waals surface area contributed by atoms with Crippen molar-refractivity contribution in [2.24, 2.45) is 0 Å². The fourth-order valence-electron chi connectivity index (χ4n) is 3.45. The van der Waals surface area contributed by atoms with E-state index < -0.39 is 11.5 Å². The smallest absolute Gasteiger partial charge is 0.263 e. The minimum atomic E-state index is -0.582. The molecular formula is C21H18N4O2S2. The van der Waals surface area contributed by atoms with Gasteiger partial charge in [0.05, 0.1) is 16.3 Å². The minimum absolute atomic E-state index is 0.107. The molecule has 1 aliphatic rings. The van der Waals surface area contributed by atoms with Crippen molar-refractivity contribution >= 4 is 34.1 Å². The number of carbonyl (C=O) groups excluding carboxylic acids is 1. The lowest BCUT2D eigenvalue weighted by Crippen LogP contribution is -2.24. The summed E-state index contributed by atoms with van der Waals surface area (Å²) in [5.41, 5.74) is 4.22. The van der Waals surface area contributed by atoms with Crippen LogP contribution in [0.1, 0.15) is 39.9 Å². The minimum Gasteiger partial charge on any atom is -0.315 e. The third-order valence-electron chi connectivity index (χ3n) is 4.94. The van der Waals surface area contributed by atoms with Crippen LogP contribution in [0, 0.1) is 11.3 Å². The van der Waals surface area contributed by atoms with E-state index in [4.69, 9.17) is 0 Å². The molecule has 29 heavy (non-hydrogen) atoms. The van der Waals surface area contributed by atoms with Gasteiger partial charge in [0.1, 0.15) is 11.6 Å². The summed E-state index contributed by atoms with van der Waals surface area (Å²) in [6.07, 6.45) is 6.42. The predicted octanol–water partition coefficient (Wildman–Crippen LogP) is 4.22. The SMILES string of the molecule is CSc1[nH]c(=O)c(C(=O)Nc2nc(-c3ccc4c(c3)CCCC4)cs2)cc1C#N. The number of aryl methyl sites for hydroxylation is 2. The highest BCUT2D eigenvalue weighted by Gasteiger charge is 2.17. The van der Waals surface area contributed by atoms with Gasteiger partial charge in [0, 0.05) is 10.9 Å². The van der Waals surface area contributed by atoms with Crippen molar-refractivity contribution in [2.45, 2.75) is 30.7 Å². The molecule has 0 bridgehead atoms. The molecule has 0 saturated carbocycles. The number of nitrogens with zero attached hydrogens (tertiary/aromatic N) is 2. The van der Waals surface area contributed by atoms with Crippen LogP contribution in [0.5, 0.6) is 0 Å². The van der Waals surface area contributed by atoms with Gasteiger partial charge < -0.3 is 4.98 Å². The monoisotopic (exact) mass is 422 g/mol. The molecule has 6 nitrogen and oxygen atoms in total. The third-order valence-corrected chi connectivity index (χ3v) is 6.43. The Morgan fingerprint density at radius 2 is 2.07 bits per heavy atom. The molecule has 1 amide bonds. The average molecular weight is 423 g/mol. The number of aromatic nitrogens is 2. The van der Waals surface area contributed by atoms with Gasteiger partial charge in [-0.25, -0.2) is 4.98 Å². The number of nitriles is 1. The number of pyridine rings is 1. The summed E-state index contributed by atoms with van der Waals surface area (Å²) < 4.78 is 0.